The van der Waals surface area contributed by atoms with Gasteiger partial charge in [0.1, 0.15) is 0 Å². The molecular formula is C12H16Cl2N2O. The third-order valence-corrected chi connectivity index (χ3v) is 3.16. The predicted molar refractivity (Wildman–Crippen MR) is 71.2 cm³/mol. The Morgan fingerprint density at radius 1 is 1.47 bits per heavy atom. The Balaban J connectivity index is 2.74. The van der Waals surface area contributed by atoms with Crippen LogP contribution in [-0.2, 0) is 11.3 Å². The Bertz CT molecular complexity index is 409. The maximum Gasteiger partial charge on any atom is 0.226 e. The summed E-state index contributed by atoms with van der Waals surface area (Å²) in [6.07, 6.45) is 0. The number of halogens is 2. The summed E-state index contributed by atoms with van der Waals surface area (Å²) >= 11 is 11.9. The summed E-state index contributed by atoms with van der Waals surface area (Å²) in [5, 5.41) is 1.15. The van der Waals surface area contributed by atoms with Crippen LogP contribution in [0.1, 0.15) is 12.5 Å². The van der Waals surface area contributed by atoms with Gasteiger partial charge in [-0.05, 0) is 17.7 Å². The number of carbonyl (C=O) groups excluding carboxylic acids is 1. The molecule has 0 radical (unpaired) electrons. The fourth-order valence-electron chi connectivity index (χ4n) is 1.46. The van der Waals surface area contributed by atoms with E-state index in [-0.39, 0.29) is 11.8 Å². The highest BCUT2D eigenvalue weighted by atomic mass is 35.5. The lowest BCUT2D eigenvalue weighted by molar-refractivity contribution is -0.133. The Hall–Kier alpha value is -0.770. The molecule has 0 spiro atoms. The van der Waals surface area contributed by atoms with Gasteiger partial charge in [-0.3, -0.25) is 4.79 Å². The van der Waals surface area contributed by atoms with E-state index in [1.807, 2.05) is 13.0 Å². The van der Waals surface area contributed by atoms with Crippen LogP contribution in [0, 0.1) is 5.92 Å². The van der Waals surface area contributed by atoms with E-state index in [9.17, 15) is 4.79 Å². The van der Waals surface area contributed by atoms with Crippen LogP contribution in [0.15, 0.2) is 18.2 Å². The minimum absolute atomic E-state index is 0.0125. The first-order chi connectivity index (χ1) is 7.95. The molecule has 1 aromatic carbocycles. The Kier molecular flexibility index (Phi) is 5.25. The molecule has 2 N–H and O–H groups in total. The minimum atomic E-state index is -0.175. The third-order valence-electron chi connectivity index (χ3n) is 2.57. The molecule has 94 valence electrons. The number of carbonyl (C=O) groups is 1. The van der Waals surface area contributed by atoms with Crippen molar-refractivity contribution < 1.29 is 4.79 Å². The van der Waals surface area contributed by atoms with Crippen molar-refractivity contribution in [1.82, 2.24) is 4.90 Å². The van der Waals surface area contributed by atoms with Gasteiger partial charge in [-0.15, -0.1) is 0 Å². The number of benzene rings is 1. The van der Waals surface area contributed by atoms with Gasteiger partial charge in [0.05, 0.1) is 0 Å². The molecule has 3 nitrogen and oxygen atoms in total. The second kappa shape index (κ2) is 6.24. The van der Waals surface area contributed by atoms with Crippen LogP contribution in [0.3, 0.4) is 0 Å². The van der Waals surface area contributed by atoms with E-state index in [0.29, 0.717) is 23.1 Å². The maximum atomic E-state index is 11.8. The van der Waals surface area contributed by atoms with Crippen molar-refractivity contribution in [1.29, 1.82) is 0 Å². The fraction of sp³-hybridized carbons (Fsp3) is 0.417. The standard InChI is InChI=1S/C12H16Cl2N2O/c1-8(6-15)12(17)16(2)7-9-3-4-10(13)5-11(9)14/h3-5,8H,6-7,15H2,1-2H3. The Morgan fingerprint density at radius 2 is 2.12 bits per heavy atom. The van der Waals surface area contributed by atoms with Gasteiger partial charge in [0, 0.05) is 36.1 Å². The first-order valence-electron chi connectivity index (χ1n) is 5.34. The zero-order chi connectivity index (χ0) is 13.0. The largest absolute Gasteiger partial charge is 0.341 e. The highest BCUT2D eigenvalue weighted by molar-refractivity contribution is 6.35. The smallest absolute Gasteiger partial charge is 0.226 e. The predicted octanol–water partition coefficient (Wildman–Crippen LogP) is 2.55. The fourth-order valence-corrected chi connectivity index (χ4v) is 1.93. The van der Waals surface area contributed by atoms with Crippen LogP contribution in [0.4, 0.5) is 0 Å². The van der Waals surface area contributed by atoms with Gasteiger partial charge in [0.15, 0.2) is 0 Å². The number of rotatable bonds is 4. The maximum absolute atomic E-state index is 11.8. The summed E-state index contributed by atoms with van der Waals surface area (Å²) in [6, 6.07) is 5.25. The lowest BCUT2D eigenvalue weighted by Crippen LogP contribution is -2.34. The van der Waals surface area contributed by atoms with Crippen molar-refractivity contribution in [3.63, 3.8) is 0 Å². The second-order valence-electron chi connectivity index (χ2n) is 4.07. The SMILES string of the molecule is CC(CN)C(=O)N(C)Cc1ccc(Cl)cc1Cl. The van der Waals surface area contributed by atoms with E-state index in [4.69, 9.17) is 28.9 Å². The molecule has 0 heterocycles. The number of amides is 1. The molecule has 1 aromatic rings. The monoisotopic (exact) mass is 274 g/mol. The first kappa shape index (κ1) is 14.3. The molecule has 1 atom stereocenters. The highest BCUT2D eigenvalue weighted by Gasteiger charge is 2.16. The lowest BCUT2D eigenvalue weighted by Gasteiger charge is -2.21. The third kappa shape index (κ3) is 3.87. The van der Waals surface area contributed by atoms with E-state index < -0.39 is 0 Å². The van der Waals surface area contributed by atoms with Crippen molar-refractivity contribution in [2.45, 2.75) is 13.5 Å². The molecule has 0 saturated carbocycles. The average molecular weight is 275 g/mol. The van der Waals surface area contributed by atoms with Gasteiger partial charge in [-0.25, -0.2) is 0 Å². The summed E-state index contributed by atoms with van der Waals surface area (Å²) in [6.45, 7) is 2.61. The number of hydrogen-bond donors (Lipinski definition) is 1. The molecule has 0 saturated heterocycles. The van der Waals surface area contributed by atoms with Gasteiger partial charge in [-0.2, -0.15) is 0 Å². The van der Waals surface area contributed by atoms with Gasteiger partial charge >= 0.3 is 0 Å². The molecule has 5 heteroatoms. The Labute approximate surface area is 111 Å². The molecule has 1 rings (SSSR count). The van der Waals surface area contributed by atoms with Crippen molar-refractivity contribution in [3.8, 4) is 0 Å². The van der Waals surface area contributed by atoms with Crippen LogP contribution in [0.5, 0.6) is 0 Å². The summed E-state index contributed by atoms with van der Waals surface area (Å²) in [5.41, 5.74) is 6.33. The topological polar surface area (TPSA) is 46.3 Å². The molecule has 0 aliphatic carbocycles. The van der Waals surface area contributed by atoms with Crippen LogP contribution in [0.25, 0.3) is 0 Å². The van der Waals surface area contributed by atoms with E-state index in [0.717, 1.165) is 5.56 Å². The van der Waals surface area contributed by atoms with Crippen LogP contribution in [-0.4, -0.2) is 24.4 Å². The minimum Gasteiger partial charge on any atom is -0.341 e. The molecule has 0 fully saturated rings. The van der Waals surface area contributed by atoms with E-state index in [1.165, 1.54) is 0 Å². The van der Waals surface area contributed by atoms with E-state index in [2.05, 4.69) is 0 Å². The van der Waals surface area contributed by atoms with Crippen LogP contribution in [0.2, 0.25) is 10.0 Å². The summed E-state index contributed by atoms with van der Waals surface area (Å²) in [7, 11) is 1.74. The van der Waals surface area contributed by atoms with E-state index >= 15 is 0 Å². The molecule has 17 heavy (non-hydrogen) atoms. The van der Waals surface area contributed by atoms with Gasteiger partial charge in [0.25, 0.3) is 0 Å². The zero-order valence-corrected chi connectivity index (χ0v) is 11.4. The molecule has 0 bridgehead atoms. The molecule has 0 aliphatic rings. The zero-order valence-electron chi connectivity index (χ0n) is 9.91. The van der Waals surface area contributed by atoms with Crippen molar-refractivity contribution in [3.05, 3.63) is 33.8 Å². The van der Waals surface area contributed by atoms with Crippen molar-refractivity contribution >= 4 is 29.1 Å². The number of nitrogens with two attached hydrogens (primary N) is 1. The summed E-state index contributed by atoms with van der Waals surface area (Å²) in [4.78, 5) is 13.5. The van der Waals surface area contributed by atoms with Gasteiger partial charge < -0.3 is 10.6 Å². The average Bonchev–Trinajstić information content (AvgIpc) is 2.30. The van der Waals surface area contributed by atoms with Crippen molar-refractivity contribution in [2.24, 2.45) is 11.7 Å². The Morgan fingerprint density at radius 3 is 2.65 bits per heavy atom. The van der Waals surface area contributed by atoms with Crippen LogP contribution < -0.4 is 5.73 Å². The van der Waals surface area contributed by atoms with Gasteiger partial charge in [-0.1, -0.05) is 36.2 Å². The second-order valence-corrected chi connectivity index (χ2v) is 4.91. The number of hydrogen-bond acceptors (Lipinski definition) is 2. The molecule has 0 aromatic heterocycles. The molecular weight excluding hydrogens is 259 g/mol. The molecule has 0 aliphatic heterocycles. The number of nitrogens with zero attached hydrogens (tertiary/aromatic N) is 1. The first-order valence-corrected chi connectivity index (χ1v) is 6.10. The quantitative estimate of drug-likeness (QED) is 0.917. The lowest BCUT2D eigenvalue weighted by atomic mass is 10.1. The van der Waals surface area contributed by atoms with Crippen molar-refractivity contribution in [2.75, 3.05) is 13.6 Å². The molecule has 1 unspecified atom stereocenters. The van der Waals surface area contributed by atoms with Gasteiger partial charge in [0.2, 0.25) is 5.91 Å². The summed E-state index contributed by atoms with van der Waals surface area (Å²) < 4.78 is 0. The summed E-state index contributed by atoms with van der Waals surface area (Å²) in [5.74, 6) is -0.162. The van der Waals surface area contributed by atoms with E-state index in [1.54, 1.807) is 24.1 Å². The normalized spacial score (nSPS) is 12.3. The highest BCUT2D eigenvalue weighted by Crippen LogP contribution is 2.22. The van der Waals surface area contributed by atoms with Crippen LogP contribution >= 0.6 is 23.2 Å². The molecule has 1 amide bonds.